The molecule has 3 rings (SSSR count). The molecule has 0 aliphatic carbocycles. The van der Waals surface area contributed by atoms with Crippen LogP contribution in [-0.2, 0) is 0 Å². The van der Waals surface area contributed by atoms with Crippen LogP contribution in [0.15, 0.2) is 35.4 Å². The summed E-state index contributed by atoms with van der Waals surface area (Å²) in [5.41, 5.74) is 1.42. The Labute approximate surface area is 102 Å². The summed E-state index contributed by atoms with van der Waals surface area (Å²) in [6.07, 6.45) is 1.34. The number of benzene rings is 1. The molecule has 0 amide bonds. The van der Waals surface area contributed by atoms with E-state index in [0.29, 0.717) is 17.0 Å². The molecule has 2 aromatic heterocycles. The first-order valence-electron chi connectivity index (χ1n) is 5.36. The van der Waals surface area contributed by atoms with Crippen molar-refractivity contribution >= 4 is 11.2 Å². The second-order valence-corrected chi connectivity index (χ2v) is 3.74. The zero-order valence-corrected chi connectivity index (χ0v) is 9.60. The number of rotatable bonds is 2. The maximum Gasteiger partial charge on any atom is 0.276 e. The normalized spacial score (nSPS) is 10.7. The van der Waals surface area contributed by atoms with Gasteiger partial charge in [0.1, 0.15) is 11.6 Å². The Morgan fingerprint density at radius 1 is 1.22 bits per heavy atom. The Morgan fingerprint density at radius 3 is 2.67 bits per heavy atom. The van der Waals surface area contributed by atoms with Crippen LogP contribution in [0.5, 0.6) is 5.75 Å². The predicted molar refractivity (Wildman–Crippen MR) is 66.5 cm³/mol. The standard InChI is InChI=1S/C12H10N4O2/c1-18-8-4-2-7(3-5-8)10-15-9-11(16-10)13-6-14-12(9)17/h2-6H,1H3,(H2,13,14,15,16,17). The van der Waals surface area contributed by atoms with Gasteiger partial charge in [0.15, 0.2) is 11.2 Å². The van der Waals surface area contributed by atoms with E-state index in [4.69, 9.17) is 4.74 Å². The van der Waals surface area contributed by atoms with Crippen LogP contribution in [0.3, 0.4) is 0 Å². The molecule has 3 aromatic rings. The second-order valence-electron chi connectivity index (χ2n) is 3.74. The third-order valence-corrected chi connectivity index (χ3v) is 2.66. The fourth-order valence-corrected chi connectivity index (χ4v) is 1.73. The summed E-state index contributed by atoms with van der Waals surface area (Å²) in [5, 5.41) is 0. The van der Waals surface area contributed by atoms with Crippen LogP contribution in [0.1, 0.15) is 0 Å². The van der Waals surface area contributed by atoms with E-state index in [2.05, 4.69) is 19.9 Å². The molecule has 0 fully saturated rings. The second kappa shape index (κ2) is 3.99. The predicted octanol–water partition coefficient (Wildman–Crippen LogP) is 1.32. The maximum absolute atomic E-state index is 11.5. The molecule has 0 saturated carbocycles. The van der Waals surface area contributed by atoms with Crippen molar-refractivity contribution < 1.29 is 4.74 Å². The summed E-state index contributed by atoms with van der Waals surface area (Å²) in [6.45, 7) is 0. The van der Waals surface area contributed by atoms with Crippen LogP contribution < -0.4 is 10.3 Å². The number of nitrogens with zero attached hydrogens (tertiary/aromatic N) is 2. The Kier molecular flexibility index (Phi) is 2.33. The minimum atomic E-state index is -0.229. The quantitative estimate of drug-likeness (QED) is 0.709. The molecule has 18 heavy (non-hydrogen) atoms. The van der Waals surface area contributed by atoms with Gasteiger partial charge in [0.2, 0.25) is 0 Å². The van der Waals surface area contributed by atoms with E-state index in [1.54, 1.807) is 7.11 Å². The lowest BCUT2D eigenvalue weighted by molar-refractivity contribution is 0.415. The number of aromatic nitrogens is 4. The van der Waals surface area contributed by atoms with Crippen molar-refractivity contribution in [2.24, 2.45) is 0 Å². The van der Waals surface area contributed by atoms with Gasteiger partial charge in [-0.1, -0.05) is 0 Å². The number of H-pyrrole nitrogens is 2. The topological polar surface area (TPSA) is 83.7 Å². The van der Waals surface area contributed by atoms with E-state index in [1.807, 2.05) is 24.3 Å². The molecule has 6 heteroatoms. The SMILES string of the molecule is COc1ccc(-c2nc3nc[nH]c(=O)c3[nH]2)cc1. The zero-order chi connectivity index (χ0) is 12.5. The maximum atomic E-state index is 11.5. The first-order chi connectivity index (χ1) is 8.78. The lowest BCUT2D eigenvalue weighted by atomic mass is 10.2. The van der Waals surface area contributed by atoms with Gasteiger partial charge in [-0.3, -0.25) is 4.79 Å². The number of ether oxygens (including phenoxy) is 1. The highest BCUT2D eigenvalue weighted by Crippen LogP contribution is 2.20. The molecule has 1 aromatic carbocycles. The van der Waals surface area contributed by atoms with Crippen molar-refractivity contribution in [2.45, 2.75) is 0 Å². The van der Waals surface area contributed by atoms with Crippen LogP contribution in [-0.4, -0.2) is 27.0 Å². The van der Waals surface area contributed by atoms with Crippen molar-refractivity contribution in [3.05, 3.63) is 40.9 Å². The molecule has 2 heterocycles. The van der Waals surface area contributed by atoms with E-state index >= 15 is 0 Å². The molecule has 0 unspecified atom stereocenters. The zero-order valence-electron chi connectivity index (χ0n) is 9.60. The largest absolute Gasteiger partial charge is 0.497 e. The summed E-state index contributed by atoms with van der Waals surface area (Å²) in [5.74, 6) is 1.38. The van der Waals surface area contributed by atoms with Crippen LogP contribution in [0.4, 0.5) is 0 Å². The fraction of sp³-hybridized carbons (Fsp3) is 0.0833. The van der Waals surface area contributed by atoms with Gasteiger partial charge in [-0.05, 0) is 24.3 Å². The number of imidazole rings is 1. The molecular weight excluding hydrogens is 232 g/mol. The first-order valence-corrected chi connectivity index (χ1v) is 5.36. The third-order valence-electron chi connectivity index (χ3n) is 2.66. The number of fused-ring (bicyclic) bond motifs is 1. The molecule has 0 radical (unpaired) electrons. The van der Waals surface area contributed by atoms with Crippen LogP contribution in [0, 0.1) is 0 Å². The van der Waals surface area contributed by atoms with Gasteiger partial charge in [-0.25, -0.2) is 9.97 Å². The van der Waals surface area contributed by atoms with Crippen LogP contribution in [0.2, 0.25) is 0 Å². The van der Waals surface area contributed by atoms with Crippen molar-refractivity contribution in [2.75, 3.05) is 7.11 Å². The highest BCUT2D eigenvalue weighted by Gasteiger charge is 2.08. The smallest absolute Gasteiger partial charge is 0.276 e. The number of hydrogen-bond donors (Lipinski definition) is 2. The van der Waals surface area contributed by atoms with Gasteiger partial charge >= 0.3 is 0 Å². The minimum absolute atomic E-state index is 0.229. The molecule has 0 saturated heterocycles. The lowest BCUT2D eigenvalue weighted by Crippen LogP contribution is -2.05. The number of methoxy groups -OCH3 is 1. The van der Waals surface area contributed by atoms with Crippen LogP contribution in [0.25, 0.3) is 22.6 Å². The number of nitrogens with one attached hydrogen (secondary N) is 2. The Morgan fingerprint density at radius 2 is 2.00 bits per heavy atom. The summed E-state index contributed by atoms with van der Waals surface area (Å²) in [7, 11) is 1.61. The average molecular weight is 242 g/mol. The van der Waals surface area contributed by atoms with E-state index in [-0.39, 0.29) is 5.56 Å². The summed E-state index contributed by atoms with van der Waals surface area (Å²) >= 11 is 0. The molecule has 0 spiro atoms. The molecule has 2 N–H and O–H groups in total. The van der Waals surface area contributed by atoms with E-state index in [9.17, 15) is 4.79 Å². The van der Waals surface area contributed by atoms with Crippen LogP contribution >= 0.6 is 0 Å². The van der Waals surface area contributed by atoms with Crippen molar-refractivity contribution in [1.29, 1.82) is 0 Å². The molecule has 0 bridgehead atoms. The first kappa shape index (κ1) is 10.5. The van der Waals surface area contributed by atoms with E-state index < -0.39 is 0 Å². The fourth-order valence-electron chi connectivity index (χ4n) is 1.73. The van der Waals surface area contributed by atoms with Gasteiger partial charge in [0, 0.05) is 5.56 Å². The Balaban J connectivity index is 2.13. The van der Waals surface area contributed by atoms with Crippen molar-refractivity contribution in [3.63, 3.8) is 0 Å². The van der Waals surface area contributed by atoms with Gasteiger partial charge < -0.3 is 14.7 Å². The molecule has 0 aliphatic heterocycles. The summed E-state index contributed by atoms with van der Waals surface area (Å²) < 4.78 is 5.09. The molecule has 90 valence electrons. The number of aromatic amines is 2. The van der Waals surface area contributed by atoms with Gasteiger partial charge in [0.25, 0.3) is 5.56 Å². The van der Waals surface area contributed by atoms with Crippen molar-refractivity contribution in [3.8, 4) is 17.1 Å². The monoisotopic (exact) mass is 242 g/mol. The third kappa shape index (κ3) is 1.64. The summed E-state index contributed by atoms with van der Waals surface area (Å²) in [6, 6.07) is 7.40. The summed E-state index contributed by atoms with van der Waals surface area (Å²) in [4.78, 5) is 25.3. The molecule has 0 atom stereocenters. The Bertz CT molecular complexity index is 743. The highest BCUT2D eigenvalue weighted by molar-refractivity contribution is 5.74. The van der Waals surface area contributed by atoms with E-state index in [1.165, 1.54) is 6.33 Å². The molecule has 6 nitrogen and oxygen atoms in total. The minimum Gasteiger partial charge on any atom is -0.497 e. The molecular formula is C12H10N4O2. The van der Waals surface area contributed by atoms with Gasteiger partial charge in [0.05, 0.1) is 13.4 Å². The lowest BCUT2D eigenvalue weighted by Gasteiger charge is -1.99. The molecule has 0 aliphatic rings. The van der Waals surface area contributed by atoms with E-state index in [0.717, 1.165) is 11.3 Å². The van der Waals surface area contributed by atoms with Gasteiger partial charge in [-0.2, -0.15) is 0 Å². The van der Waals surface area contributed by atoms with Gasteiger partial charge in [-0.15, -0.1) is 0 Å². The Hall–Kier alpha value is -2.63. The van der Waals surface area contributed by atoms with Crippen molar-refractivity contribution in [1.82, 2.24) is 19.9 Å². The number of hydrogen-bond acceptors (Lipinski definition) is 4. The highest BCUT2D eigenvalue weighted by atomic mass is 16.5. The average Bonchev–Trinajstić information content (AvgIpc) is 2.84.